The summed E-state index contributed by atoms with van der Waals surface area (Å²) in [5, 5.41) is 11.1. The molecule has 0 saturated carbocycles. The largest absolute Gasteiger partial charge is 0.545 e. The van der Waals surface area contributed by atoms with Gasteiger partial charge in [0.25, 0.3) is 0 Å². The lowest BCUT2D eigenvalue weighted by Crippen LogP contribution is -2.24. The van der Waals surface area contributed by atoms with E-state index in [-0.39, 0.29) is 5.82 Å². The third-order valence-electron chi connectivity index (χ3n) is 3.92. The van der Waals surface area contributed by atoms with E-state index in [1.807, 2.05) is 18.2 Å². The number of carboxylic acid groups (broad SMARTS) is 1. The molecule has 0 atom stereocenters. The van der Waals surface area contributed by atoms with Crippen LogP contribution in [-0.4, -0.2) is 5.97 Å². The molecule has 0 saturated heterocycles. The second kappa shape index (κ2) is 6.65. The summed E-state index contributed by atoms with van der Waals surface area (Å²) in [7, 11) is 0. The second-order valence-corrected chi connectivity index (χ2v) is 5.59. The molecule has 2 aromatic carbocycles. The van der Waals surface area contributed by atoms with Gasteiger partial charge in [0.2, 0.25) is 0 Å². The van der Waals surface area contributed by atoms with Crippen molar-refractivity contribution in [3.63, 3.8) is 0 Å². The number of benzene rings is 2. The van der Waals surface area contributed by atoms with Gasteiger partial charge in [-0.05, 0) is 71.9 Å². The number of aryl methyl sites for hydroxylation is 1. The van der Waals surface area contributed by atoms with Crippen LogP contribution in [0.4, 0.5) is 4.39 Å². The van der Waals surface area contributed by atoms with Crippen molar-refractivity contribution in [2.75, 3.05) is 0 Å². The Balaban J connectivity index is 1.78. The number of ether oxygens (including phenoxy) is 1. The SMILES string of the molecule is O=C([O-])C1=Cc2cc(OCc3ccc(F)cc3)ccc2CCC1. The third kappa shape index (κ3) is 3.77. The summed E-state index contributed by atoms with van der Waals surface area (Å²) in [5.74, 6) is -0.738. The predicted octanol–water partition coefficient (Wildman–Crippen LogP) is 2.87. The van der Waals surface area contributed by atoms with E-state index in [1.54, 1.807) is 18.2 Å². The second-order valence-electron chi connectivity index (χ2n) is 5.59. The molecule has 0 aromatic heterocycles. The fraction of sp³-hybridized carbons (Fsp3) is 0.211. The highest BCUT2D eigenvalue weighted by Gasteiger charge is 2.10. The molecule has 23 heavy (non-hydrogen) atoms. The van der Waals surface area contributed by atoms with Gasteiger partial charge in [0.05, 0.1) is 5.97 Å². The van der Waals surface area contributed by atoms with Crippen LogP contribution in [0.3, 0.4) is 0 Å². The number of hydrogen-bond donors (Lipinski definition) is 0. The number of fused-ring (bicyclic) bond motifs is 1. The summed E-state index contributed by atoms with van der Waals surface area (Å²) in [5.41, 5.74) is 3.15. The summed E-state index contributed by atoms with van der Waals surface area (Å²) >= 11 is 0. The van der Waals surface area contributed by atoms with Crippen LogP contribution in [-0.2, 0) is 17.8 Å². The fourth-order valence-electron chi connectivity index (χ4n) is 2.66. The smallest absolute Gasteiger partial charge is 0.123 e. The van der Waals surface area contributed by atoms with E-state index in [0.29, 0.717) is 24.4 Å². The van der Waals surface area contributed by atoms with E-state index in [0.717, 1.165) is 29.5 Å². The van der Waals surface area contributed by atoms with Crippen LogP contribution in [0, 0.1) is 5.82 Å². The monoisotopic (exact) mass is 311 g/mol. The first-order valence-electron chi connectivity index (χ1n) is 7.54. The zero-order chi connectivity index (χ0) is 16.2. The molecule has 4 heteroatoms. The minimum absolute atomic E-state index is 0.279. The number of aliphatic carboxylic acids is 1. The number of carboxylic acids is 1. The van der Waals surface area contributed by atoms with Gasteiger partial charge >= 0.3 is 0 Å². The number of halogens is 1. The Labute approximate surface area is 134 Å². The van der Waals surface area contributed by atoms with E-state index in [1.165, 1.54) is 12.1 Å². The standard InChI is InChI=1S/C19H17FO3/c20-17-7-4-13(5-8-17)12-23-18-9-6-14-2-1-3-15(19(21)22)10-16(14)11-18/h4-11H,1-3,12H2,(H,21,22)/p-1. The van der Waals surface area contributed by atoms with E-state index in [2.05, 4.69) is 0 Å². The van der Waals surface area contributed by atoms with Crippen LogP contribution in [0.1, 0.15) is 29.5 Å². The van der Waals surface area contributed by atoms with Gasteiger partial charge in [-0.2, -0.15) is 0 Å². The Hall–Kier alpha value is -2.62. The van der Waals surface area contributed by atoms with Gasteiger partial charge in [0.1, 0.15) is 18.2 Å². The maximum Gasteiger partial charge on any atom is 0.123 e. The van der Waals surface area contributed by atoms with Crippen molar-refractivity contribution in [1.82, 2.24) is 0 Å². The molecule has 0 unspecified atom stereocenters. The molecule has 1 aliphatic carbocycles. The Kier molecular flexibility index (Phi) is 4.42. The van der Waals surface area contributed by atoms with Gasteiger partial charge in [-0.1, -0.05) is 18.2 Å². The Morgan fingerprint density at radius 2 is 1.91 bits per heavy atom. The van der Waals surface area contributed by atoms with Crippen molar-refractivity contribution in [3.05, 3.63) is 70.5 Å². The van der Waals surface area contributed by atoms with E-state index in [9.17, 15) is 14.3 Å². The van der Waals surface area contributed by atoms with Crippen molar-refractivity contribution in [1.29, 1.82) is 0 Å². The molecule has 3 nitrogen and oxygen atoms in total. The predicted molar refractivity (Wildman–Crippen MR) is 83.1 cm³/mol. The molecule has 118 valence electrons. The fourth-order valence-corrected chi connectivity index (χ4v) is 2.66. The topological polar surface area (TPSA) is 49.4 Å². The van der Waals surface area contributed by atoms with Gasteiger partial charge in [0.15, 0.2) is 0 Å². The van der Waals surface area contributed by atoms with E-state index < -0.39 is 5.97 Å². The molecule has 3 rings (SSSR count). The minimum atomic E-state index is -1.12. The van der Waals surface area contributed by atoms with Crippen LogP contribution in [0.2, 0.25) is 0 Å². The molecule has 0 aliphatic heterocycles. The number of carbonyl (C=O) groups excluding carboxylic acids is 1. The summed E-state index contributed by atoms with van der Waals surface area (Å²) in [6.45, 7) is 0.329. The van der Waals surface area contributed by atoms with Gasteiger partial charge in [-0.25, -0.2) is 4.39 Å². The Morgan fingerprint density at radius 1 is 1.13 bits per heavy atom. The molecular formula is C19H16FO3-. The van der Waals surface area contributed by atoms with Crippen LogP contribution < -0.4 is 9.84 Å². The molecule has 0 heterocycles. The van der Waals surface area contributed by atoms with Crippen LogP contribution in [0.25, 0.3) is 6.08 Å². The zero-order valence-electron chi connectivity index (χ0n) is 12.5. The molecule has 0 spiro atoms. The molecular weight excluding hydrogens is 295 g/mol. The van der Waals surface area contributed by atoms with Crippen molar-refractivity contribution in [2.45, 2.75) is 25.9 Å². The highest BCUT2D eigenvalue weighted by molar-refractivity contribution is 5.91. The molecule has 0 N–H and O–H groups in total. The van der Waals surface area contributed by atoms with Crippen LogP contribution in [0.5, 0.6) is 5.75 Å². The zero-order valence-corrected chi connectivity index (χ0v) is 12.5. The minimum Gasteiger partial charge on any atom is -0.545 e. The van der Waals surface area contributed by atoms with Crippen LogP contribution >= 0.6 is 0 Å². The lowest BCUT2D eigenvalue weighted by molar-refractivity contribution is -0.299. The molecule has 2 aromatic rings. The first-order valence-corrected chi connectivity index (χ1v) is 7.54. The summed E-state index contributed by atoms with van der Waals surface area (Å²) < 4.78 is 18.6. The van der Waals surface area contributed by atoms with Crippen LogP contribution in [0.15, 0.2) is 48.0 Å². The lowest BCUT2D eigenvalue weighted by atomic mass is 10.0. The maximum absolute atomic E-state index is 12.9. The molecule has 0 radical (unpaired) electrons. The Morgan fingerprint density at radius 3 is 2.65 bits per heavy atom. The average molecular weight is 311 g/mol. The number of carbonyl (C=O) groups is 1. The maximum atomic E-state index is 12.9. The third-order valence-corrected chi connectivity index (χ3v) is 3.92. The first kappa shape index (κ1) is 15.3. The van der Waals surface area contributed by atoms with Gasteiger partial charge in [0, 0.05) is 0 Å². The quantitative estimate of drug-likeness (QED) is 0.872. The highest BCUT2D eigenvalue weighted by Crippen LogP contribution is 2.27. The van der Waals surface area contributed by atoms with Crippen molar-refractivity contribution in [2.24, 2.45) is 0 Å². The van der Waals surface area contributed by atoms with Crippen molar-refractivity contribution < 1.29 is 19.0 Å². The summed E-state index contributed by atoms with van der Waals surface area (Å²) in [6.07, 6.45) is 3.81. The lowest BCUT2D eigenvalue weighted by Gasteiger charge is -2.10. The first-order chi connectivity index (χ1) is 11.1. The van der Waals surface area contributed by atoms with Gasteiger partial charge in [-0.3, -0.25) is 0 Å². The highest BCUT2D eigenvalue weighted by atomic mass is 19.1. The molecule has 0 bridgehead atoms. The molecule has 0 amide bonds. The summed E-state index contributed by atoms with van der Waals surface area (Å²) in [4.78, 5) is 11.1. The van der Waals surface area contributed by atoms with Crippen molar-refractivity contribution >= 4 is 12.0 Å². The van der Waals surface area contributed by atoms with Gasteiger partial charge in [-0.15, -0.1) is 0 Å². The average Bonchev–Trinajstić information content (AvgIpc) is 2.76. The number of rotatable bonds is 4. The van der Waals surface area contributed by atoms with E-state index in [4.69, 9.17) is 4.74 Å². The summed E-state index contributed by atoms with van der Waals surface area (Å²) in [6, 6.07) is 11.8. The normalized spacial score (nSPS) is 13.7. The molecule has 0 fully saturated rings. The van der Waals surface area contributed by atoms with E-state index >= 15 is 0 Å². The van der Waals surface area contributed by atoms with Crippen molar-refractivity contribution in [3.8, 4) is 5.75 Å². The number of hydrogen-bond acceptors (Lipinski definition) is 3. The van der Waals surface area contributed by atoms with Gasteiger partial charge < -0.3 is 14.6 Å². The Bertz CT molecular complexity index is 748. The molecule has 1 aliphatic rings.